The molecule has 8 heteroatoms. The lowest BCUT2D eigenvalue weighted by atomic mass is 9.92. The molecule has 0 saturated heterocycles. The number of rotatable bonds is 4. The number of anilines is 1. The maximum absolute atomic E-state index is 12.7. The van der Waals surface area contributed by atoms with E-state index in [1.807, 2.05) is 0 Å². The van der Waals surface area contributed by atoms with Gasteiger partial charge in [-0.25, -0.2) is 4.68 Å². The van der Waals surface area contributed by atoms with Crippen LogP contribution in [0.1, 0.15) is 25.5 Å². The number of fused-ring (bicyclic) bond motifs is 1. The van der Waals surface area contributed by atoms with Crippen LogP contribution in [0, 0.1) is 0 Å². The molecule has 1 aromatic heterocycles. The van der Waals surface area contributed by atoms with Crippen molar-refractivity contribution in [1.82, 2.24) is 14.8 Å². The van der Waals surface area contributed by atoms with Gasteiger partial charge in [0, 0.05) is 16.8 Å². The summed E-state index contributed by atoms with van der Waals surface area (Å²) < 4.78 is 31.5. The molecule has 1 unspecified atom stereocenters. The van der Waals surface area contributed by atoms with E-state index in [9.17, 15) is 13.6 Å². The average molecular weight is 320 g/mol. The first-order valence-electron chi connectivity index (χ1n) is 6.91. The Morgan fingerprint density at radius 3 is 2.83 bits per heavy atom. The number of carbonyl (C=O) groups is 1. The van der Waals surface area contributed by atoms with E-state index in [0.717, 1.165) is 0 Å². The lowest BCUT2D eigenvalue weighted by Crippen LogP contribution is -2.28. The number of para-hydroxylation sites is 1. The fourth-order valence-electron chi connectivity index (χ4n) is 2.74. The number of benzene rings is 1. The highest BCUT2D eigenvalue weighted by molar-refractivity contribution is 5.96. The SMILES string of the molecule is CC(=O)C1=C(C)Nc2ncnn2C1c1ccccc1OC(F)F. The van der Waals surface area contributed by atoms with E-state index >= 15 is 0 Å². The summed E-state index contributed by atoms with van der Waals surface area (Å²) in [6.45, 7) is 0.198. The van der Waals surface area contributed by atoms with Crippen molar-refractivity contribution >= 4 is 11.7 Å². The summed E-state index contributed by atoms with van der Waals surface area (Å²) >= 11 is 0. The molecule has 2 aromatic rings. The predicted molar refractivity (Wildman–Crippen MR) is 78.2 cm³/mol. The van der Waals surface area contributed by atoms with E-state index in [-0.39, 0.29) is 11.5 Å². The molecule has 1 aliphatic heterocycles. The van der Waals surface area contributed by atoms with Gasteiger partial charge in [0.25, 0.3) is 0 Å². The van der Waals surface area contributed by atoms with Crippen LogP contribution >= 0.6 is 0 Å². The minimum Gasteiger partial charge on any atom is -0.434 e. The van der Waals surface area contributed by atoms with E-state index in [1.165, 1.54) is 24.0 Å². The summed E-state index contributed by atoms with van der Waals surface area (Å²) in [5.41, 5.74) is 1.45. The molecule has 0 spiro atoms. The fourth-order valence-corrected chi connectivity index (χ4v) is 2.74. The fraction of sp³-hybridized carbons (Fsp3) is 0.267. The summed E-state index contributed by atoms with van der Waals surface area (Å²) in [7, 11) is 0. The lowest BCUT2D eigenvalue weighted by molar-refractivity contribution is -0.114. The molecule has 1 aliphatic rings. The normalized spacial score (nSPS) is 17.0. The van der Waals surface area contributed by atoms with Crippen LogP contribution in [0.5, 0.6) is 5.75 Å². The third-order valence-corrected chi connectivity index (χ3v) is 3.60. The van der Waals surface area contributed by atoms with E-state index in [4.69, 9.17) is 0 Å². The molecule has 23 heavy (non-hydrogen) atoms. The minimum absolute atomic E-state index is 0.00222. The first kappa shape index (κ1) is 15.1. The van der Waals surface area contributed by atoms with Gasteiger partial charge in [0.2, 0.25) is 5.95 Å². The quantitative estimate of drug-likeness (QED) is 0.938. The molecular formula is C15H14F2N4O2. The number of alkyl halides is 2. The summed E-state index contributed by atoms with van der Waals surface area (Å²) in [5, 5.41) is 7.11. The van der Waals surface area contributed by atoms with Gasteiger partial charge in [-0.15, -0.1) is 0 Å². The van der Waals surface area contributed by atoms with Crippen molar-refractivity contribution in [3.05, 3.63) is 47.4 Å². The van der Waals surface area contributed by atoms with Gasteiger partial charge in [-0.3, -0.25) is 4.79 Å². The number of Topliss-reactive ketones (excluding diaryl/α,β-unsaturated/α-hetero) is 1. The van der Waals surface area contributed by atoms with E-state index < -0.39 is 12.7 Å². The highest BCUT2D eigenvalue weighted by Gasteiger charge is 2.33. The highest BCUT2D eigenvalue weighted by Crippen LogP contribution is 2.39. The lowest BCUT2D eigenvalue weighted by Gasteiger charge is -2.29. The number of hydrogen-bond donors (Lipinski definition) is 1. The van der Waals surface area contributed by atoms with Crippen molar-refractivity contribution in [2.45, 2.75) is 26.5 Å². The molecule has 0 saturated carbocycles. The highest BCUT2D eigenvalue weighted by atomic mass is 19.3. The molecule has 0 radical (unpaired) electrons. The van der Waals surface area contributed by atoms with Crippen LogP contribution in [-0.4, -0.2) is 27.2 Å². The Bertz CT molecular complexity index is 785. The Balaban J connectivity index is 2.19. The van der Waals surface area contributed by atoms with Crippen molar-refractivity contribution in [1.29, 1.82) is 0 Å². The van der Waals surface area contributed by atoms with Crippen LogP contribution in [0.3, 0.4) is 0 Å². The van der Waals surface area contributed by atoms with Gasteiger partial charge in [0.15, 0.2) is 5.78 Å². The summed E-state index contributed by atoms with van der Waals surface area (Å²) in [5.74, 6) is 0.250. The third kappa shape index (κ3) is 2.67. The van der Waals surface area contributed by atoms with Crippen LogP contribution in [0.2, 0.25) is 0 Å². The van der Waals surface area contributed by atoms with Gasteiger partial charge >= 0.3 is 6.61 Å². The first-order valence-corrected chi connectivity index (χ1v) is 6.91. The number of halogens is 2. The van der Waals surface area contributed by atoms with Crippen LogP contribution in [-0.2, 0) is 4.79 Å². The van der Waals surface area contributed by atoms with Crippen LogP contribution in [0.4, 0.5) is 14.7 Å². The smallest absolute Gasteiger partial charge is 0.387 e. The molecule has 1 N–H and O–H groups in total. The summed E-state index contributed by atoms with van der Waals surface area (Å²) in [4.78, 5) is 16.2. The van der Waals surface area contributed by atoms with Crippen molar-refractivity contribution in [3.8, 4) is 5.75 Å². The number of ether oxygens (including phenoxy) is 1. The third-order valence-electron chi connectivity index (χ3n) is 3.60. The van der Waals surface area contributed by atoms with Crippen molar-refractivity contribution < 1.29 is 18.3 Å². The van der Waals surface area contributed by atoms with Crippen molar-refractivity contribution in [2.24, 2.45) is 0 Å². The number of carbonyl (C=O) groups excluding carboxylic acids is 1. The summed E-state index contributed by atoms with van der Waals surface area (Å²) in [6, 6.07) is 5.68. The molecule has 6 nitrogen and oxygen atoms in total. The van der Waals surface area contributed by atoms with E-state index in [2.05, 4.69) is 20.1 Å². The number of aromatic nitrogens is 3. The van der Waals surface area contributed by atoms with E-state index in [0.29, 0.717) is 22.8 Å². The zero-order valence-electron chi connectivity index (χ0n) is 12.5. The second-order valence-corrected chi connectivity index (χ2v) is 5.07. The van der Waals surface area contributed by atoms with Gasteiger partial charge in [0.05, 0.1) is 0 Å². The summed E-state index contributed by atoms with van der Waals surface area (Å²) in [6.07, 6.45) is 1.34. The van der Waals surface area contributed by atoms with Crippen LogP contribution < -0.4 is 10.1 Å². The van der Waals surface area contributed by atoms with Crippen LogP contribution in [0.15, 0.2) is 41.9 Å². The zero-order chi connectivity index (χ0) is 16.6. The van der Waals surface area contributed by atoms with Crippen molar-refractivity contribution in [2.75, 3.05) is 5.32 Å². The molecule has 3 rings (SSSR count). The molecule has 0 bridgehead atoms. The van der Waals surface area contributed by atoms with Gasteiger partial charge in [-0.2, -0.15) is 18.9 Å². The second kappa shape index (κ2) is 5.79. The number of allylic oxidation sites excluding steroid dienone is 2. The molecule has 0 fully saturated rings. The van der Waals surface area contributed by atoms with Crippen LogP contribution in [0.25, 0.3) is 0 Å². The average Bonchev–Trinajstić information content (AvgIpc) is 2.93. The Morgan fingerprint density at radius 2 is 2.13 bits per heavy atom. The molecule has 0 amide bonds. The Hall–Kier alpha value is -2.77. The molecule has 0 aliphatic carbocycles. The molecular weight excluding hydrogens is 306 g/mol. The number of nitrogens with one attached hydrogen (secondary N) is 1. The molecule has 1 aromatic carbocycles. The van der Waals surface area contributed by atoms with E-state index in [1.54, 1.807) is 25.1 Å². The molecule has 1 atom stereocenters. The second-order valence-electron chi connectivity index (χ2n) is 5.07. The molecule has 120 valence electrons. The Morgan fingerprint density at radius 1 is 1.39 bits per heavy atom. The van der Waals surface area contributed by atoms with Gasteiger partial charge in [-0.05, 0) is 19.9 Å². The largest absolute Gasteiger partial charge is 0.434 e. The number of ketones is 1. The van der Waals surface area contributed by atoms with Gasteiger partial charge < -0.3 is 10.1 Å². The number of hydrogen-bond acceptors (Lipinski definition) is 5. The Kier molecular flexibility index (Phi) is 3.81. The maximum atomic E-state index is 12.7. The van der Waals surface area contributed by atoms with Crippen molar-refractivity contribution in [3.63, 3.8) is 0 Å². The topological polar surface area (TPSA) is 69.0 Å². The Labute approximate surface area is 130 Å². The standard InChI is InChI=1S/C15H14F2N4O2/c1-8-12(9(2)22)13(21-15(20-8)18-7-19-21)10-5-3-4-6-11(10)23-14(16)17/h3-7,13-14H,1-2H3,(H,18,19,20). The van der Waals surface area contributed by atoms with Gasteiger partial charge in [0.1, 0.15) is 18.1 Å². The van der Waals surface area contributed by atoms with Gasteiger partial charge in [-0.1, -0.05) is 18.2 Å². The molecule has 2 heterocycles. The first-order chi connectivity index (χ1) is 11.0. The zero-order valence-corrected chi connectivity index (χ0v) is 12.5. The predicted octanol–water partition coefficient (Wildman–Crippen LogP) is 2.76. The monoisotopic (exact) mass is 320 g/mol. The minimum atomic E-state index is -2.96. The number of nitrogens with zero attached hydrogens (tertiary/aromatic N) is 3. The maximum Gasteiger partial charge on any atom is 0.387 e.